The van der Waals surface area contributed by atoms with Gasteiger partial charge in [-0.1, -0.05) is 0 Å². The van der Waals surface area contributed by atoms with Gasteiger partial charge in [0.15, 0.2) is 17.3 Å². The van der Waals surface area contributed by atoms with E-state index in [1.54, 1.807) is 42.1 Å². The van der Waals surface area contributed by atoms with Crippen LogP contribution >= 0.6 is 11.3 Å². The van der Waals surface area contributed by atoms with Crippen molar-refractivity contribution in [3.8, 4) is 56.4 Å². The molecule has 6 rings (SSSR count). The molecule has 0 aromatic carbocycles. The lowest BCUT2D eigenvalue weighted by Gasteiger charge is -2.16. The molecule has 6 heterocycles. The maximum Gasteiger partial charge on any atom is 0.335 e. The Hall–Kier alpha value is -4.57. The molecule has 0 saturated heterocycles. The Labute approximate surface area is 209 Å². The summed E-state index contributed by atoms with van der Waals surface area (Å²) in [4.78, 5) is 31.1. The second-order valence-corrected chi connectivity index (χ2v) is 9.16. The van der Waals surface area contributed by atoms with E-state index in [0.717, 1.165) is 21.1 Å². The smallest absolute Gasteiger partial charge is 0.335 e. The van der Waals surface area contributed by atoms with Crippen LogP contribution in [0.1, 0.15) is 15.2 Å². The van der Waals surface area contributed by atoms with Crippen LogP contribution in [0.5, 0.6) is 11.5 Å². The number of aromatic carboxylic acids is 1. The predicted octanol–water partition coefficient (Wildman–Crippen LogP) is 5.37. The average molecular weight is 499 g/mol. The summed E-state index contributed by atoms with van der Waals surface area (Å²) >= 11 is 1.56. The number of fused-ring (bicyclic) bond motifs is 1. The first-order valence-electron chi connectivity index (χ1n) is 11.1. The number of pyridine rings is 2. The van der Waals surface area contributed by atoms with Gasteiger partial charge in [-0.25, -0.2) is 19.7 Å². The molecule has 0 fully saturated rings. The molecule has 10 heteroatoms. The lowest BCUT2D eigenvalue weighted by Crippen LogP contribution is -2.14. The van der Waals surface area contributed by atoms with Gasteiger partial charge in [0.25, 0.3) is 0 Å². The van der Waals surface area contributed by atoms with Gasteiger partial charge in [0.1, 0.15) is 35.3 Å². The standard InChI is InChI=1S/C26H18N4O5S/c1-14-22-23(34-10-9-33-22)24(36-14)21-4-3-20(35-21)15-5-8-27-17(11-15)18-12-16(26(31)32)13-19(30-18)25-28-6-2-7-29-25/h2-8,11-13H,9-10H2,1H3,(H,31,32). The first kappa shape index (κ1) is 21.9. The van der Waals surface area contributed by atoms with Gasteiger partial charge in [0, 0.05) is 29.0 Å². The summed E-state index contributed by atoms with van der Waals surface area (Å²) in [6.45, 7) is 3.02. The Morgan fingerprint density at radius 1 is 0.889 bits per heavy atom. The molecular formula is C26H18N4O5S. The monoisotopic (exact) mass is 498 g/mol. The summed E-state index contributed by atoms with van der Waals surface area (Å²) in [5, 5.41) is 9.63. The van der Waals surface area contributed by atoms with Crippen LogP contribution in [0.2, 0.25) is 0 Å². The van der Waals surface area contributed by atoms with Gasteiger partial charge in [-0.2, -0.15) is 0 Å². The lowest BCUT2D eigenvalue weighted by molar-refractivity contribution is 0.0697. The normalized spacial score (nSPS) is 12.5. The van der Waals surface area contributed by atoms with Gasteiger partial charge in [-0.05, 0) is 49.4 Å². The van der Waals surface area contributed by atoms with Crippen molar-refractivity contribution >= 4 is 17.3 Å². The van der Waals surface area contributed by atoms with E-state index in [1.165, 1.54) is 12.1 Å². The highest BCUT2D eigenvalue weighted by molar-refractivity contribution is 7.16. The average Bonchev–Trinajstić information content (AvgIpc) is 3.54. The Bertz CT molecular complexity index is 1600. The maximum atomic E-state index is 11.8. The number of carboxylic acids is 1. The number of aromatic nitrogens is 4. The number of carbonyl (C=O) groups is 1. The van der Waals surface area contributed by atoms with Gasteiger partial charge < -0.3 is 19.0 Å². The molecule has 9 nitrogen and oxygen atoms in total. The maximum absolute atomic E-state index is 11.8. The third kappa shape index (κ3) is 3.97. The van der Waals surface area contributed by atoms with E-state index >= 15 is 0 Å². The summed E-state index contributed by atoms with van der Waals surface area (Å²) in [6, 6.07) is 12.0. The van der Waals surface area contributed by atoms with Crippen LogP contribution < -0.4 is 9.47 Å². The fourth-order valence-corrected chi connectivity index (χ4v) is 4.93. The molecule has 1 aliphatic rings. The highest BCUT2D eigenvalue weighted by atomic mass is 32.1. The molecule has 5 aromatic heterocycles. The highest BCUT2D eigenvalue weighted by Gasteiger charge is 2.25. The van der Waals surface area contributed by atoms with Gasteiger partial charge in [0.2, 0.25) is 0 Å². The highest BCUT2D eigenvalue weighted by Crippen LogP contribution is 2.49. The van der Waals surface area contributed by atoms with Crippen LogP contribution in [-0.4, -0.2) is 44.2 Å². The molecule has 1 aliphatic heterocycles. The zero-order chi connectivity index (χ0) is 24.6. The number of rotatable bonds is 5. The van der Waals surface area contributed by atoms with Crippen molar-refractivity contribution in [1.82, 2.24) is 19.9 Å². The number of hydrogen-bond acceptors (Lipinski definition) is 9. The molecule has 178 valence electrons. The SMILES string of the molecule is Cc1sc(-c2ccc(-c3ccnc(-c4cc(C(=O)O)cc(-c5ncccn5)n4)c3)o2)c2c1OCCO2. The predicted molar refractivity (Wildman–Crippen MR) is 132 cm³/mol. The number of hydrogen-bond donors (Lipinski definition) is 1. The minimum absolute atomic E-state index is 0.0648. The van der Waals surface area contributed by atoms with Crippen molar-refractivity contribution in [1.29, 1.82) is 0 Å². The summed E-state index contributed by atoms with van der Waals surface area (Å²) in [6.07, 6.45) is 4.79. The minimum atomic E-state index is -1.08. The van der Waals surface area contributed by atoms with E-state index in [2.05, 4.69) is 19.9 Å². The van der Waals surface area contributed by atoms with Gasteiger partial charge in [-0.15, -0.1) is 11.3 Å². The third-order valence-corrected chi connectivity index (χ3v) is 6.65. The van der Waals surface area contributed by atoms with Crippen LogP contribution in [-0.2, 0) is 0 Å². The minimum Gasteiger partial charge on any atom is -0.485 e. The van der Waals surface area contributed by atoms with Crippen LogP contribution in [0.15, 0.2) is 65.5 Å². The molecule has 36 heavy (non-hydrogen) atoms. The van der Waals surface area contributed by atoms with Crippen molar-refractivity contribution in [2.45, 2.75) is 6.92 Å². The number of furan rings is 1. The van der Waals surface area contributed by atoms with Gasteiger partial charge >= 0.3 is 5.97 Å². The van der Waals surface area contributed by atoms with Crippen molar-refractivity contribution in [3.05, 3.63) is 71.5 Å². The first-order valence-corrected chi connectivity index (χ1v) is 11.9. The van der Waals surface area contributed by atoms with Crippen molar-refractivity contribution < 1.29 is 23.8 Å². The fraction of sp³-hybridized carbons (Fsp3) is 0.115. The number of carboxylic acid groups (broad SMARTS) is 1. The first-order chi connectivity index (χ1) is 17.6. The molecule has 0 aliphatic carbocycles. The van der Waals surface area contributed by atoms with E-state index in [1.807, 2.05) is 25.1 Å². The van der Waals surface area contributed by atoms with E-state index in [0.29, 0.717) is 53.4 Å². The number of thiophene rings is 1. The van der Waals surface area contributed by atoms with Crippen molar-refractivity contribution in [2.24, 2.45) is 0 Å². The largest absolute Gasteiger partial charge is 0.485 e. The summed E-state index contributed by atoms with van der Waals surface area (Å²) < 4.78 is 17.8. The second-order valence-electron chi connectivity index (χ2n) is 7.94. The molecule has 1 N–H and O–H groups in total. The molecule has 0 unspecified atom stereocenters. The molecule has 0 atom stereocenters. The van der Waals surface area contributed by atoms with Crippen molar-refractivity contribution in [2.75, 3.05) is 13.2 Å². The topological polar surface area (TPSA) is 120 Å². The van der Waals surface area contributed by atoms with Gasteiger partial charge in [-0.3, -0.25) is 4.98 Å². The summed E-state index contributed by atoms with van der Waals surface area (Å²) in [7, 11) is 0. The van der Waals surface area contributed by atoms with Crippen LogP contribution in [0.3, 0.4) is 0 Å². The molecule has 0 amide bonds. The van der Waals surface area contributed by atoms with Crippen molar-refractivity contribution in [3.63, 3.8) is 0 Å². The molecule has 0 bridgehead atoms. The van der Waals surface area contributed by atoms with Crippen LogP contribution in [0.4, 0.5) is 0 Å². The quantitative estimate of drug-likeness (QED) is 0.341. The Morgan fingerprint density at radius 3 is 2.44 bits per heavy atom. The number of nitrogens with zero attached hydrogens (tertiary/aromatic N) is 4. The molecule has 5 aromatic rings. The van der Waals surface area contributed by atoms with Gasteiger partial charge in [0.05, 0.1) is 17.0 Å². The Morgan fingerprint density at radius 2 is 1.64 bits per heavy atom. The zero-order valence-electron chi connectivity index (χ0n) is 19.0. The molecule has 0 radical (unpaired) electrons. The van der Waals surface area contributed by atoms with Crippen LogP contribution in [0.25, 0.3) is 44.9 Å². The summed E-state index contributed by atoms with van der Waals surface area (Å²) in [5.41, 5.74) is 2.06. The third-order valence-electron chi connectivity index (χ3n) is 5.57. The lowest BCUT2D eigenvalue weighted by atomic mass is 10.1. The van der Waals surface area contributed by atoms with E-state index in [4.69, 9.17) is 13.9 Å². The van der Waals surface area contributed by atoms with E-state index in [-0.39, 0.29) is 5.56 Å². The zero-order valence-corrected chi connectivity index (χ0v) is 19.8. The number of aryl methyl sites for hydroxylation is 1. The second kappa shape index (κ2) is 8.90. The fourth-order valence-electron chi connectivity index (χ4n) is 3.93. The summed E-state index contributed by atoms with van der Waals surface area (Å²) in [5.74, 6) is 2.04. The Balaban J connectivity index is 1.38. The Kier molecular flexibility index (Phi) is 5.42. The van der Waals surface area contributed by atoms with Crippen LogP contribution in [0, 0.1) is 6.92 Å². The van der Waals surface area contributed by atoms with E-state index < -0.39 is 5.97 Å². The molecule has 0 saturated carbocycles. The number of ether oxygens (including phenoxy) is 2. The molecular weight excluding hydrogens is 480 g/mol. The van der Waals surface area contributed by atoms with E-state index in [9.17, 15) is 9.90 Å². The molecule has 0 spiro atoms.